The molecule has 2 N–H and O–H groups in total. The van der Waals surface area contributed by atoms with E-state index in [1.807, 2.05) is 13.8 Å². The van der Waals surface area contributed by atoms with Crippen LogP contribution in [-0.2, 0) is 9.78 Å². The molecule has 0 aliphatic carbocycles. The average molecular weight is 220 g/mol. The molecule has 0 aromatic rings. The van der Waals surface area contributed by atoms with E-state index in [9.17, 15) is 4.79 Å². The van der Waals surface area contributed by atoms with Crippen LogP contribution >= 0.6 is 0 Å². The topological polar surface area (TPSA) is 71.0 Å². The molecule has 0 saturated carbocycles. The van der Waals surface area contributed by atoms with Crippen molar-refractivity contribution in [1.82, 2.24) is 10.2 Å². The number of rotatable bonds is 3. The van der Waals surface area contributed by atoms with Gasteiger partial charge in [-0.25, -0.2) is 14.6 Å². The fourth-order valence-electron chi connectivity index (χ4n) is 1.02. The van der Waals surface area contributed by atoms with Crippen molar-refractivity contribution in [2.24, 2.45) is 0 Å². The van der Waals surface area contributed by atoms with Gasteiger partial charge in [0.25, 0.3) is 0 Å². The molecular formula is C9H20N2O4. The van der Waals surface area contributed by atoms with Gasteiger partial charge in [-0.1, -0.05) is 0 Å². The number of nitrogens with one attached hydrogen (secondary N) is 1. The van der Waals surface area contributed by atoms with Gasteiger partial charge in [-0.3, -0.25) is 0 Å². The predicted molar refractivity (Wildman–Crippen MR) is 55.7 cm³/mol. The lowest BCUT2D eigenvalue weighted by Crippen LogP contribution is -2.45. The molecular weight excluding hydrogens is 200 g/mol. The number of nitrogens with zero attached hydrogens (tertiary/aromatic N) is 1. The Balaban J connectivity index is 0.000000288. The summed E-state index contributed by atoms with van der Waals surface area (Å²) >= 11 is 0. The molecule has 6 nitrogen and oxygen atoms in total. The zero-order chi connectivity index (χ0) is 11.5. The fourth-order valence-corrected chi connectivity index (χ4v) is 1.02. The molecule has 0 bridgehead atoms. The van der Waals surface area contributed by atoms with Crippen LogP contribution in [0.15, 0.2) is 0 Å². The average Bonchev–Trinajstić information content (AvgIpc) is 2.28. The van der Waals surface area contributed by atoms with E-state index < -0.39 is 6.09 Å². The molecule has 0 aromatic carbocycles. The molecule has 0 unspecified atom stereocenters. The van der Waals surface area contributed by atoms with E-state index in [2.05, 4.69) is 15.1 Å². The van der Waals surface area contributed by atoms with Gasteiger partial charge in [0.2, 0.25) is 0 Å². The fraction of sp³-hybridized carbons (Fsp3) is 0.889. The van der Waals surface area contributed by atoms with E-state index >= 15 is 0 Å². The number of hydrogen-bond donors (Lipinski definition) is 2. The minimum Gasteiger partial charge on any atom is -0.465 e. The van der Waals surface area contributed by atoms with Crippen LogP contribution < -0.4 is 5.32 Å². The molecule has 6 heteroatoms. The lowest BCUT2D eigenvalue weighted by atomic mass is 10.4. The minimum atomic E-state index is -0.809. The first-order valence-electron chi connectivity index (χ1n) is 5.15. The van der Waals surface area contributed by atoms with Gasteiger partial charge in [0, 0.05) is 26.2 Å². The van der Waals surface area contributed by atoms with Crippen molar-refractivity contribution in [3.8, 4) is 0 Å². The lowest BCUT2D eigenvalue weighted by molar-refractivity contribution is -0.287. The summed E-state index contributed by atoms with van der Waals surface area (Å²) in [6.45, 7) is 7.84. The van der Waals surface area contributed by atoms with E-state index in [1.54, 1.807) is 0 Å². The van der Waals surface area contributed by atoms with Crippen molar-refractivity contribution in [3.05, 3.63) is 0 Å². The highest BCUT2D eigenvalue weighted by Crippen LogP contribution is 1.90. The summed E-state index contributed by atoms with van der Waals surface area (Å²) in [6, 6.07) is 0. The Hall–Kier alpha value is -0.850. The molecule has 0 aromatic heterocycles. The third-order valence-corrected chi connectivity index (χ3v) is 1.71. The molecule has 1 aliphatic rings. The van der Waals surface area contributed by atoms with Crippen molar-refractivity contribution in [3.63, 3.8) is 0 Å². The van der Waals surface area contributed by atoms with Crippen LogP contribution in [-0.4, -0.2) is 55.5 Å². The maximum atomic E-state index is 10.3. The third-order valence-electron chi connectivity index (χ3n) is 1.71. The van der Waals surface area contributed by atoms with Crippen LogP contribution in [0, 0.1) is 0 Å². The van der Waals surface area contributed by atoms with Crippen LogP contribution in [0.3, 0.4) is 0 Å². The Kier molecular flexibility index (Phi) is 9.15. The van der Waals surface area contributed by atoms with Crippen LogP contribution in [0.25, 0.3) is 0 Å². The van der Waals surface area contributed by atoms with E-state index in [0.717, 1.165) is 13.1 Å². The smallest absolute Gasteiger partial charge is 0.407 e. The van der Waals surface area contributed by atoms with Gasteiger partial charge in [0.15, 0.2) is 0 Å². The molecule has 1 heterocycles. The number of piperazine rings is 1. The van der Waals surface area contributed by atoms with Crippen LogP contribution in [0.4, 0.5) is 4.79 Å². The summed E-state index contributed by atoms with van der Waals surface area (Å²) < 4.78 is 0. The molecule has 0 radical (unpaired) electrons. The summed E-state index contributed by atoms with van der Waals surface area (Å²) in [6.07, 6.45) is -0.809. The molecule has 90 valence electrons. The maximum Gasteiger partial charge on any atom is 0.407 e. The normalized spacial score (nSPS) is 15.5. The molecule has 1 saturated heterocycles. The van der Waals surface area contributed by atoms with E-state index in [1.165, 1.54) is 4.90 Å². The number of carbonyl (C=O) groups is 1. The number of hydrogen-bond acceptors (Lipinski definition) is 4. The minimum absolute atomic E-state index is 0.620. The van der Waals surface area contributed by atoms with Gasteiger partial charge in [-0.15, -0.1) is 0 Å². The molecule has 15 heavy (non-hydrogen) atoms. The second-order valence-corrected chi connectivity index (χ2v) is 2.83. The zero-order valence-corrected chi connectivity index (χ0v) is 9.36. The molecule has 0 atom stereocenters. The summed E-state index contributed by atoms with van der Waals surface area (Å²) in [7, 11) is 0. The Morgan fingerprint density at radius 2 is 1.73 bits per heavy atom. The van der Waals surface area contributed by atoms with E-state index in [4.69, 9.17) is 5.11 Å². The van der Waals surface area contributed by atoms with Gasteiger partial charge >= 0.3 is 6.09 Å². The second kappa shape index (κ2) is 9.70. The second-order valence-electron chi connectivity index (χ2n) is 2.83. The Morgan fingerprint density at radius 3 is 2.00 bits per heavy atom. The third kappa shape index (κ3) is 8.17. The Morgan fingerprint density at radius 1 is 1.27 bits per heavy atom. The van der Waals surface area contributed by atoms with Gasteiger partial charge in [-0.05, 0) is 13.8 Å². The summed E-state index contributed by atoms with van der Waals surface area (Å²) in [5.41, 5.74) is 0. The highest BCUT2D eigenvalue weighted by atomic mass is 17.2. The maximum absolute atomic E-state index is 10.3. The van der Waals surface area contributed by atoms with Gasteiger partial charge < -0.3 is 15.3 Å². The first-order chi connectivity index (χ1) is 7.22. The molecule has 1 fully saturated rings. The largest absolute Gasteiger partial charge is 0.465 e. The predicted octanol–water partition coefficient (Wildman–Crippen LogP) is 0.544. The van der Waals surface area contributed by atoms with Crippen molar-refractivity contribution in [2.45, 2.75) is 13.8 Å². The lowest BCUT2D eigenvalue weighted by Gasteiger charge is -2.23. The summed E-state index contributed by atoms with van der Waals surface area (Å²) in [5, 5.41) is 11.5. The van der Waals surface area contributed by atoms with Crippen molar-refractivity contribution in [2.75, 3.05) is 39.4 Å². The molecule has 1 amide bonds. The van der Waals surface area contributed by atoms with Crippen LogP contribution in [0.5, 0.6) is 0 Å². The SMILES string of the molecule is CCOOCC.O=C(O)N1CCNCC1. The van der Waals surface area contributed by atoms with Gasteiger partial charge in [0.05, 0.1) is 13.2 Å². The highest BCUT2D eigenvalue weighted by molar-refractivity contribution is 5.65. The van der Waals surface area contributed by atoms with Crippen molar-refractivity contribution in [1.29, 1.82) is 0 Å². The molecule has 0 spiro atoms. The Bertz CT molecular complexity index is 156. The summed E-state index contributed by atoms with van der Waals surface area (Å²) in [5.74, 6) is 0. The van der Waals surface area contributed by atoms with Crippen molar-refractivity contribution >= 4 is 6.09 Å². The molecule has 1 rings (SSSR count). The summed E-state index contributed by atoms with van der Waals surface area (Å²) in [4.78, 5) is 20.6. The zero-order valence-electron chi connectivity index (χ0n) is 9.36. The molecule has 1 aliphatic heterocycles. The number of amides is 1. The van der Waals surface area contributed by atoms with Gasteiger partial charge in [0.1, 0.15) is 0 Å². The van der Waals surface area contributed by atoms with Crippen LogP contribution in [0.1, 0.15) is 13.8 Å². The standard InChI is InChI=1S/C5H10N2O2.C4H10O2/c8-5(9)7-3-1-6-2-4-7;1-3-5-6-4-2/h6H,1-4H2,(H,8,9);3-4H2,1-2H3. The first kappa shape index (κ1) is 14.2. The number of carboxylic acid groups (broad SMARTS) is 1. The van der Waals surface area contributed by atoms with Gasteiger partial charge in [-0.2, -0.15) is 0 Å². The van der Waals surface area contributed by atoms with Crippen LogP contribution in [0.2, 0.25) is 0 Å². The quantitative estimate of drug-likeness (QED) is 0.413. The monoisotopic (exact) mass is 220 g/mol. The Labute approximate surface area is 90.1 Å². The van der Waals surface area contributed by atoms with E-state index in [-0.39, 0.29) is 0 Å². The van der Waals surface area contributed by atoms with Crippen molar-refractivity contribution < 1.29 is 19.7 Å². The first-order valence-corrected chi connectivity index (χ1v) is 5.15. The van der Waals surface area contributed by atoms with E-state index in [0.29, 0.717) is 26.3 Å². The highest BCUT2D eigenvalue weighted by Gasteiger charge is 2.13.